The molecule has 0 spiro atoms. The van der Waals surface area contributed by atoms with Gasteiger partial charge in [-0.05, 0) is 20.8 Å². The number of methoxy groups -OCH3 is 1. The standard InChI is InChI=1S/C15H22O5/c1-6-7-10-8-11(16)18-14(13(10)17-5)12-9(2)19-15(3,4)20-12/h1,9-10,12-14H,7-8H2,2-5H3/t9-,10-,12+,13+,14+/m1/s1. The van der Waals surface area contributed by atoms with Gasteiger partial charge in [0.1, 0.15) is 12.2 Å². The van der Waals surface area contributed by atoms with E-state index in [1.165, 1.54) is 0 Å². The average molecular weight is 282 g/mol. The molecule has 5 atom stereocenters. The lowest BCUT2D eigenvalue weighted by Crippen LogP contribution is -2.53. The number of carbonyl (C=O) groups excluding carboxylic acids is 1. The van der Waals surface area contributed by atoms with Gasteiger partial charge in [0.25, 0.3) is 0 Å². The van der Waals surface area contributed by atoms with Crippen LogP contribution in [-0.4, -0.2) is 43.3 Å². The molecule has 5 nitrogen and oxygen atoms in total. The maximum atomic E-state index is 11.8. The van der Waals surface area contributed by atoms with E-state index >= 15 is 0 Å². The molecule has 5 heteroatoms. The first-order chi connectivity index (χ1) is 9.38. The predicted molar refractivity (Wildman–Crippen MR) is 71.7 cm³/mol. The van der Waals surface area contributed by atoms with Crippen molar-refractivity contribution in [2.75, 3.05) is 7.11 Å². The topological polar surface area (TPSA) is 54.0 Å². The molecule has 0 aromatic rings. The highest BCUT2D eigenvalue weighted by Gasteiger charge is 2.51. The van der Waals surface area contributed by atoms with Gasteiger partial charge in [-0.25, -0.2) is 0 Å². The first-order valence-corrected chi connectivity index (χ1v) is 6.89. The van der Waals surface area contributed by atoms with Gasteiger partial charge < -0.3 is 18.9 Å². The van der Waals surface area contributed by atoms with E-state index in [0.717, 1.165) is 0 Å². The maximum Gasteiger partial charge on any atom is 0.306 e. The van der Waals surface area contributed by atoms with Crippen LogP contribution in [-0.2, 0) is 23.7 Å². The van der Waals surface area contributed by atoms with E-state index < -0.39 is 11.9 Å². The lowest BCUT2D eigenvalue weighted by molar-refractivity contribution is -0.201. The van der Waals surface area contributed by atoms with Crippen molar-refractivity contribution in [1.29, 1.82) is 0 Å². The molecule has 2 rings (SSSR count). The van der Waals surface area contributed by atoms with E-state index in [-0.39, 0.29) is 36.6 Å². The third-order valence-corrected chi connectivity index (χ3v) is 3.81. The van der Waals surface area contributed by atoms with Crippen LogP contribution in [0.2, 0.25) is 0 Å². The summed E-state index contributed by atoms with van der Waals surface area (Å²) in [5.74, 6) is 1.61. The van der Waals surface area contributed by atoms with Crippen molar-refractivity contribution < 1.29 is 23.7 Å². The van der Waals surface area contributed by atoms with Gasteiger partial charge in [-0.15, -0.1) is 12.3 Å². The molecule has 0 aromatic heterocycles. The molecule has 0 saturated carbocycles. The highest BCUT2D eigenvalue weighted by atomic mass is 16.8. The Morgan fingerprint density at radius 2 is 2.10 bits per heavy atom. The van der Waals surface area contributed by atoms with Crippen molar-refractivity contribution in [1.82, 2.24) is 0 Å². The van der Waals surface area contributed by atoms with Crippen LogP contribution in [0.5, 0.6) is 0 Å². The molecule has 0 N–H and O–H groups in total. The summed E-state index contributed by atoms with van der Waals surface area (Å²) in [7, 11) is 1.60. The van der Waals surface area contributed by atoms with Crippen molar-refractivity contribution >= 4 is 5.97 Å². The Morgan fingerprint density at radius 3 is 2.60 bits per heavy atom. The first-order valence-electron chi connectivity index (χ1n) is 6.89. The Kier molecular flexibility index (Phi) is 4.38. The van der Waals surface area contributed by atoms with E-state index in [2.05, 4.69) is 5.92 Å². The molecule has 0 bridgehead atoms. The zero-order valence-electron chi connectivity index (χ0n) is 12.4. The molecule has 112 valence electrons. The molecule has 2 heterocycles. The van der Waals surface area contributed by atoms with Crippen LogP contribution in [0.1, 0.15) is 33.6 Å². The summed E-state index contributed by atoms with van der Waals surface area (Å²) in [6, 6.07) is 0. The highest BCUT2D eigenvalue weighted by molar-refractivity contribution is 5.71. The summed E-state index contributed by atoms with van der Waals surface area (Å²) < 4.78 is 22.6. The summed E-state index contributed by atoms with van der Waals surface area (Å²) in [5.41, 5.74) is 0. The largest absolute Gasteiger partial charge is 0.457 e. The number of hydrogen-bond donors (Lipinski definition) is 0. The van der Waals surface area contributed by atoms with Gasteiger partial charge >= 0.3 is 5.97 Å². The van der Waals surface area contributed by atoms with Gasteiger partial charge in [0.05, 0.1) is 12.5 Å². The van der Waals surface area contributed by atoms with Crippen LogP contribution in [0.3, 0.4) is 0 Å². The van der Waals surface area contributed by atoms with Crippen LogP contribution in [0, 0.1) is 18.3 Å². The Labute approximate surface area is 119 Å². The number of cyclic esters (lactones) is 1. The zero-order chi connectivity index (χ0) is 14.9. The van der Waals surface area contributed by atoms with Crippen LogP contribution in [0.25, 0.3) is 0 Å². The fourth-order valence-electron chi connectivity index (χ4n) is 3.09. The minimum Gasteiger partial charge on any atom is -0.457 e. The number of carbonyl (C=O) groups is 1. The summed E-state index contributed by atoms with van der Waals surface area (Å²) in [6.07, 6.45) is 4.86. The smallest absolute Gasteiger partial charge is 0.306 e. The minimum atomic E-state index is -0.687. The number of esters is 1. The Balaban J connectivity index is 2.20. The normalized spacial score (nSPS) is 40.1. The molecule has 2 saturated heterocycles. The van der Waals surface area contributed by atoms with Crippen molar-refractivity contribution in [2.24, 2.45) is 5.92 Å². The lowest BCUT2D eigenvalue weighted by atomic mass is 9.86. The molecule has 2 fully saturated rings. The van der Waals surface area contributed by atoms with E-state index in [4.69, 9.17) is 25.4 Å². The molecule has 0 amide bonds. The van der Waals surface area contributed by atoms with Gasteiger partial charge in [-0.2, -0.15) is 0 Å². The van der Waals surface area contributed by atoms with E-state index in [1.54, 1.807) is 7.11 Å². The van der Waals surface area contributed by atoms with E-state index in [1.807, 2.05) is 20.8 Å². The Hall–Kier alpha value is -1.09. The number of terminal acetylenes is 1. The van der Waals surface area contributed by atoms with Crippen molar-refractivity contribution in [3.05, 3.63) is 0 Å². The van der Waals surface area contributed by atoms with Crippen LogP contribution >= 0.6 is 0 Å². The summed E-state index contributed by atoms with van der Waals surface area (Å²) in [5, 5.41) is 0. The molecular formula is C15H22O5. The van der Waals surface area contributed by atoms with Gasteiger partial charge in [0.15, 0.2) is 11.9 Å². The second-order valence-electron chi connectivity index (χ2n) is 5.83. The highest BCUT2D eigenvalue weighted by Crippen LogP contribution is 2.37. The fraction of sp³-hybridized carbons (Fsp3) is 0.800. The number of rotatable bonds is 3. The molecule has 2 aliphatic heterocycles. The first kappa shape index (κ1) is 15.3. The summed E-state index contributed by atoms with van der Waals surface area (Å²) in [6.45, 7) is 5.59. The Morgan fingerprint density at radius 1 is 1.40 bits per heavy atom. The molecular weight excluding hydrogens is 260 g/mol. The number of hydrogen-bond acceptors (Lipinski definition) is 5. The minimum absolute atomic E-state index is 0.0456. The summed E-state index contributed by atoms with van der Waals surface area (Å²) >= 11 is 0. The van der Waals surface area contributed by atoms with Crippen molar-refractivity contribution in [3.8, 4) is 12.3 Å². The zero-order valence-corrected chi connectivity index (χ0v) is 12.4. The second kappa shape index (κ2) is 5.72. The van der Waals surface area contributed by atoms with Gasteiger partial charge in [0, 0.05) is 19.4 Å². The van der Waals surface area contributed by atoms with Gasteiger partial charge in [0.2, 0.25) is 0 Å². The number of ether oxygens (including phenoxy) is 4. The second-order valence-corrected chi connectivity index (χ2v) is 5.83. The van der Waals surface area contributed by atoms with Crippen molar-refractivity contribution in [3.63, 3.8) is 0 Å². The lowest BCUT2D eigenvalue weighted by Gasteiger charge is -2.38. The van der Waals surface area contributed by atoms with Crippen LogP contribution < -0.4 is 0 Å². The molecule has 20 heavy (non-hydrogen) atoms. The van der Waals surface area contributed by atoms with E-state index in [0.29, 0.717) is 6.42 Å². The van der Waals surface area contributed by atoms with Crippen LogP contribution in [0.15, 0.2) is 0 Å². The summed E-state index contributed by atoms with van der Waals surface area (Å²) in [4.78, 5) is 11.8. The van der Waals surface area contributed by atoms with E-state index in [9.17, 15) is 4.79 Å². The third kappa shape index (κ3) is 2.98. The third-order valence-electron chi connectivity index (χ3n) is 3.81. The van der Waals surface area contributed by atoms with Gasteiger partial charge in [-0.1, -0.05) is 0 Å². The van der Waals surface area contributed by atoms with Crippen LogP contribution in [0.4, 0.5) is 0 Å². The maximum absolute atomic E-state index is 11.8. The monoisotopic (exact) mass is 282 g/mol. The average Bonchev–Trinajstić information content (AvgIpc) is 2.62. The predicted octanol–water partition coefficient (Wildman–Crippen LogP) is 1.50. The molecule has 0 aliphatic carbocycles. The molecule has 2 aliphatic rings. The quantitative estimate of drug-likeness (QED) is 0.580. The molecule has 0 radical (unpaired) electrons. The Bertz CT molecular complexity index is 411. The molecule has 0 unspecified atom stereocenters. The van der Waals surface area contributed by atoms with Crippen molar-refractivity contribution in [2.45, 2.75) is 63.8 Å². The van der Waals surface area contributed by atoms with Gasteiger partial charge in [-0.3, -0.25) is 4.79 Å². The SMILES string of the molecule is C#CC[C@@H]1CC(=O)O[C@@H]([C@H]2OC(C)(C)O[C@@H]2C)[C@H]1OC. The fourth-order valence-corrected chi connectivity index (χ4v) is 3.09. The molecule has 0 aromatic carbocycles.